The summed E-state index contributed by atoms with van der Waals surface area (Å²) < 4.78 is 5.81. The van der Waals surface area contributed by atoms with E-state index in [1.54, 1.807) is 0 Å². The number of nitrogens with one attached hydrogen (secondary N) is 1. The lowest BCUT2D eigenvalue weighted by molar-refractivity contribution is 0.0410. The molecule has 0 aliphatic carbocycles. The first-order valence-corrected chi connectivity index (χ1v) is 5.59. The van der Waals surface area contributed by atoms with Crippen molar-refractivity contribution in [1.82, 2.24) is 10.3 Å². The molecule has 1 aromatic rings. The highest BCUT2D eigenvalue weighted by Crippen LogP contribution is 2.16. The summed E-state index contributed by atoms with van der Waals surface area (Å²) in [6, 6.07) is 5.94. The van der Waals surface area contributed by atoms with Gasteiger partial charge in [-0.25, -0.2) is 0 Å². The maximum absolute atomic E-state index is 5.81. The Morgan fingerprint density at radius 3 is 3.20 bits per heavy atom. The lowest BCUT2D eigenvalue weighted by Crippen LogP contribution is -2.15. The molecule has 1 aromatic heterocycles. The van der Waals surface area contributed by atoms with E-state index in [4.69, 9.17) is 4.74 Å². The Morgan fingerprint density at radius 2 is 2.53 bits per heavy atom. The molecule has 0 saturated carbocycles. The van der Waals surface area contributed by atoms with Crippen LogP contribution in [0.1, 0.15) is 25.1 Å². The minimum atomic E-state index is 0.104. The molecule has 1 fully saturated rings. The largest absolute Gasteiger partial charge is 0.372 e. The molecule has 1 aliphatic heterocycles. The molecule has 82 valence electrons. The zero-order valence-corrected chi connectivity index (χ0v) is 9.15. The molecule has 1 aliphatic rings. The molecule has 3 nitrogen and oxygen atoms in total. The van der Waals surface area contributed by atoms with Crippen LogP contribution in [-0.2, 0) is 4.74 Å². The van der Waals surface area contributed by atoms with E-state index in [2.05, 4.69) is 17.2 Å². The Balaban J connectivity index is 1.79. The third-order valence-corrected chi connectivity index (χ3v) is 2.85. The fourth-order valence-electron chi connectivity index (χ4n) is 1.84. The monoisotopic (exact) mass is 206 g/mol. The first-order valence-electron chi connectivity index (χ1n) is 5.59. The van der Waals surface area contributed by atoms with Gasteiger partial charge in [0.1, 0.15) is 0 Å². The number of aromatic nitrogens is 1. The van der Waals surface area contributed by atoms with Crippen molar-refractivity contribution in [3.8, 4) is 0 Å². The minimum absolute atomic E-state index is 0.104. The van der Waals surface area contributed by atoms with Gasteiger partial charge in [-0.2, -0.15) is 0 Å². The van der Waals surface area contributed by atoms with Crippen LogP contribution in [0, 0.1) is 5.92 Å². The Kier molecular flexibility index (Phi) is 3.69. The number of rotatable bonds is 4. The van der Waals surface area contributed by atoms with Gasteiger partial charge in [0.2, 0.25) is 0 Å². The van der Waals surface area contributed by atoms with Gasteiger partial charge in [-0.3, -0.25) is 4.98 Å². The molecule has 0 amide bonds. The molecule has 3 heteroatoms. The van der Waals surface area contributed by atoms with Crippen molar-refractivity contribution in [3.63, 3.8) is 0 Å². The van der Waals surface area contributed by atoms with Gasteiger partial charge >= 0.3 is 0 Å². The van der Waals surface area contributed by atoms with Crippen molar-refractivity contribution < 1.29 is 4.74 Å². The number of hydrogen-bond acceptors (Lipinski definition) is 3. The highest BCUT2D eigenvalue weighted by Gasteiger charge is 2.16. The van der Waals surface area contributed by atoms with Gasteiger partial charge in [0.25, 0.3) is 0 Å². The molecule has 0 spiro atoms. The predicted octanol–water partition coefficient (Wildman–Crippen LogP) is 1.77. The maximum atomic E-state index is 5.81. The van der Waals surface area contributed by atoms with Crippen LogP contribution < -0.4 is 5.32 Å². The Morgan fingerprint density at radius 1 is 1.60 bits per heavy atom. The van der Waals surface area contributed by atoms with Gasteiger partial charge in [0.05, 0.1) is 18.4 Å². The van der Waals surface area contributed by atoms with E-state index in [0.717, 1.165) is 25.4 Å². The zero-order valence-electron chi connectivity index (χ0n) is 9.15. The van der Waals surface area contributed by atoms with Crippen LogP contribution in [0.4, 0.5) is 0 Å². The molecular weight excluding hydrogens is 188 g/mol. The first-order chi connectivity index (χ1) is 7.36. The second kappa shape index (κ2) is 5.24. The van der Waals surface area contributed by atoms with Crippen LogP contribution in [0.3, 0.4) is 0 Å². The Hall–Kier alpha value is -0.930. The number of nitrogens with zero attached hydrogens (tertiary/aromatic N) is 1. The summed E-state index contributed by atoms with van der Waals surface area (Å²) in [4.78, 5) is 4.28. The summed E-state index contributed by atoms with van der Waals surface area (Å²) in [5, 5.41) is 3.34. The number of pyridine rings is 1. The molecule has 1 N–H and O–H groups in total. The van der Waals surface area contributed by atoms with E-state index in [0.29, 0.717) is 5.92 Å². The molecule has 2 heterocycles. The third kappa shape index (κ3) is 3.01. The molecule has 0 radical (unpaired) electrons. The topological polar surface area (TPSA) is 34.1 Å². The molecule has 15 heavy (non-hydrogen) atoms. The quantitative estimate of drug-likeness (QED) is 0.815. The number of ether oxygens (including phenoxy) is 1. The summed E-state index contributed by atoms with van der Waals surface area (Å²) in [6.45, 7) is 5.12. The van der Waals surface area contributed by atoms with Crippen LogP contribution in [0.2, 0.25) is 0 Å². The van der Waals surface area contributed by atoms with Crippen molar-refractivity contribution in [2.45, 2.75) is 19.4 Å². The molecule has 0 aromatic carbocycles. The average Bonchev–Trinajstić information content (AvgIpc) is 2.80. The van der Waals surface area contributed by atoms with Crippen LogP contribution in [0.15, 0.2) is 24.4 Å². The first kappa shape index (κ1) is 10.6. The van der Waals surface area contributed by atoms with E-state index >= 15 is 0 Å². The fourth-order valence-corrected chi connectivity index (χ4v) is 1.84. The molecule has 0 unspecified atom stereocenters. The minimum Gasteiger partial charge on any atom is -0.372 e. The van der Waals surface area contributed by atoms with Crippen molar-refractivity contribution in [2.75, 3.05) is 19.7 Å². The van der Waals surface area contributed by atoms with Crippen LogP contribution in [0.25, 0.3) is 0 Å². The van der Waals surface area contributed by atoms with Crippen LogP contribution in [-0.4, -0.2) is 24.7 Å². The Labute approximate surface area is 90.9 Å². The van der Waals surface area contributed by atoms with Gasteiger partial charge in [0.15, 0.2) is 0 Å². The van der Waals surface area contributed by atoms with Crippen molar-refractivity contribution in [2.24, 2.45) is 5.92 Å². The lowest BCUT2D eigenvalue weighted by atomic mass is 10.1. The van der Waals surface area contributed by atoms with Gasteiger partial charge in [-0.05, 0) is 37.9 Å². The van der Waals surface area contributed by atoms with Gasteiger partial charge in [-0.1, -0.05) is 6.07 Å². The molecule has 0 bridgehead atoms. The van der Waals surface area contributed by atoms with Gasteiger partial charge < -0.3 is 10.1 Å². The van der Waals surface area contributed by atoms with E-state index < -0.39 is 0 Å². The highest BCUT2D eigenvalue weighted by molar-refractivity contribution is 5.05. The molecular formula is C12H18N2O. The summed E-state index contributed by atoms with van der Waals surface area (Å²) in [5.74, 6) is 0.677. The van der Waals surface area contributed by atoms with Crippen molar-refractivity contribution in [1.29, 1.82) is 0 Å². The highest BCUT2D eigenvalue weighted by atomic mass is 16.5. The predicted molar refractivity (Wildman–Crippen MR) is 59.6 cm³/mol. The van der Waals surface area contributed by atoms with Crippen LogP contribution >= 0.6 is 0 Å². The summed E-state index contributed by atoms with van der Waals surface area (Å²) in [5.41, 5.74) is 1.02. The fraction of sp³-hybridized carbons (Fsp3) is 0.583. The number of hydrogen-bond donors (Lipinski definition) is 1. The van der Waals surface area contributed by atoms with E-state index in [1.165, 1.54) is 6.42 Å². The SMILES string of the molecule is C[C@H](OC[C@H]1CCNC1)c1ccccn1. The molecule has 1 saturated heterocycles. The van der Waals surface area contributed by atoms with Crippen LogP contribution in [0.5, 0.6) is 0 Å². The average molecular weight is 206 g/mol. The lowest BCUT2D eigenvalue weighted by Gasteiger charge is -2.15. The second-order valence-corrected chi connectivity index (χ2v) is 4.09. The standard InChI is InChI=1S/C12H18N2O/c1-10(12-4-2-3-6-14-12)15-9-11-5-7-13-8-11/h2-4,6,10-11,13H,5,7-9H2,1H3/t10-,11-/m0/s1. The smallest absolute Gasteiger partial charge is 0.0966 e. The van der Waals surface area contributed by atoms with Crippen molar-refractivity contribution >= 4 is 0 Å². The van der Waals surface area contributed by atoms with Gasteiger partial charge in [0, 0.05) is 12.7 Å². The van der Waals surface area contributed by atoms with Crippen molar-refractivity contribution in [3.05, 3.63) is 30.1 Å². The van der Waals surface area contributed by atoms with E-state index in [9.17, 15) is 0 Å². The molecule has 2 atom stereocenters. The maximum Gasteiger partial charge on any atom is 0.0966 e. The zero-order chi connectivity index (χ0) is 10.5. The molecule has 2 rings (SSSR count). The summed E-state index contributed by atoms with van der Waals surface area (Å²) in [6.07, 6.45) is 3.15. The third-order valence-electron chi connectivity index (χ3n) is 2.85. The Bertz CT molecular complexity index is 283. The summed E-state index contributed by atoms with van der Waals surface area (Å²) in [7, 11) is 0. The van der Waals surface area contributed by atoms with E-state index in [1.807, 2.05) is 24.4 Å². The normalized spacial score (nSPS) is 22.9. The van der Waals surface area contributed by atoms with E-state index in [-0.39, 0.29) is 6.10 Å². The van der Waals surface area contributed by atoms with Gasteiger partial charge in [-0.15, -0.1) is 0 Å². The summed E-state index contributed by atoms with van der Waals surface area (Å²) >= 11 is 0. The second-order valence-electron chi connectivity index (χ2n) is 4.09.